The van der Waals surface area contributed by atoms with Crippen molar-refractivity contribution in [2.45, 2.75) is 33.2 Å². The molecule has 1 aromatic rings. The van der Waals surface area contributed by atoms with Crippen molar-refractivity contribution in [3.05, 3.63) is 35.9 Å². The predicted molar refractivity (Wildman–Crippen MR) is 82.6 cm³/mol. The number of carboxylic acid groups (broad SMARTS) is 1. The molecule has 0 aliphatic rings. The highest BCUT2D eigenvalue weighted by atomic mass is 16.4. The molecule has 120 valence electrons. The number of carbonyl (C=O) groups is 3. The van der Waals surface area contributed by atoms with Crippen LogP contribution in [0.4, 0.5) is 4.79 Å². The van der Waals surface area contributed by atoms with Crippen LogP contribution in [0.1, 0.15) is 26.3 Å². The average Bonchev–Trinajstić information content (AvgIpc) is 2.43. The van der Waals surface area contributed by atoms with Crippen LogP contribution in [0.3, 0.4) is 0 Å². The summed E-state index contributed by atoms with van der Waals surface area (Å²) in [6, 6.07) is 8.15. The van der Waals surface area contributed by atoms with E-state index in [1.807, 2.05) is 30.3 Å². The first-order valence-corrected chi connectivity index (χ1v) is 7.04. The zero-order chi connectivity index (χ0) is 16.8. The maximum Gasteiger partial charge on any atom is 0.405 e. The third kappa shape index (κ3) is 5.95. The number of nitrogens with one attached hydrogen (secondary N) is 2. The number of amides is 2. The van der Waals surface area contributed by atoms with Crippen molar-refractivity contribution in [3.8, 4) is 0 Å². The van der Waals surface area contributed by atoms with Crippen molar-refractivity contribution >= 4 is 17.8 Å². The second kappa shape index (κ2) is 7.59. The van der Waals surface area contributed by atoms with Gasteiger partial charge in [0.1, 0.15) is 6.04 Å². The fraction of sp³-hybridized carbons (Fsp3) is 0.438. The van der Waals surface area contributed by atoms with Crippen LogP contribution in [0.5, 0.6) is 0 Å². The third-order valence-electron chi connectivity index (χ3n) is 3.16. The second-order valence-electron chi connectivity index (χ2n) is 6.08. The van der Waals surface area contributed by atoms with Crippen molar-refractivity contribution in [1.82, 2.24) is 10.6 Å². The van der Waals surface area contributed by atoms with Crippen LogP contribution < -0.4 is 10.6 Å². The summed E-state index contributed by atoms with van der Waals surface area (Å²) in [6.07, 6.45) is -1.05. The third-order valence-corrected chi connectivity index (χ3v) is 3.16. The summed E-state index contributed by atoms with van der Waals surface area (Å²) >= 11 is 0. The molecule has 0 aliphatic carbocycles. The summed E-state index contributed by atoms with van der Waals surface area (Å²) in [4.78, 5) is 34.8. The molecule has 22 heavy (non-hydrogen) atoms. The van der Waals surface area contributed by atoms with Gasteiger partial charge in [-0.25, -0.2) is 4.79 Å². The van der Waals surface area contributed by atoms with E-state index in [1.54, 1.807) is 20.8 Å². The van der Waals surface area contributed by atoms with E-state index in [0.29, 0.717) is 0 Å². The molecule has 1 atom stereocenters. The smallest absolute Gasteiger partial charge is 0.405 e. The summed E-state index contributed by atoms with van der Waals surface area (Å²) < 4.78 is 0. The molecule has 0 bridgehead atoms. The maximum absolute atomic E-state index is 12.1. The Morgan fingerprint density at radius 1 is 1.14 bits per heavy atom. The van der Waals surface area contributed by atoms with Gasteiger partial charge in [0.25, 0.3) is 0 Å². The Labute approximate surface area is 129 Å². The van der Waals surface area contributed by atoms with Crippen molar-refractivity contribution in [2.75, 3.05) is 6.54 Å². The second-order valence-corrected chi connectivity index (χ2v) is 6.08. The highest BCUT2D eigenvalue weighted by molar-refractivity contribution is 5.92. The summed E-state index contributed by atoms with van der Waals surface area (Å²) in [5.41, 5.74) is 0.279. The van der Waals surface area contributed by atoms with Crippen LogP contribution in [0, 0.1) is 5.41 Å². The average molecular weight is 306 g/mol. The fourth-order valence-electron chi connectivity index (χ4n) is 1.76. The van der Waals surface area contributed by atoms with Crippen LogP contribution in [0.15, 0.2) is 30.3 Å². The Balaban J connectivity index is 2.69. The number of rotatable bonds is 6. The van der Waals surface area contributed by atoms with Gasteiger partial charge < -0.3 is 15.7 Å². The normalized spacial score (nSPS) is 12.3. The molecule has 1 rings (SSSR count). The van der Waals surface area contributed by atoms with Gasteiger partial charge in [0, 0.05) is 11.8 Å². The van der Waals surface area contributed by atoms with E-state index in [9.17, 15) is 14.4 Å². The van der Waals surface area contributed by atoms with E-state index in [1.165, 1.54) is 0 Å². The van der Waals surface area contributed by atoms with Gasteiger partial charge in [-0.15, -0.1) is 0 Å². The van der Waals surface area contributed by atoms with Crippen LogP contribution >= 0.6 is 0 Å². The molecule has 0 radical (unpaired) electrons. The summed E-state index contributed by atoms with van der Waals surface area (Å²) in [6.45, 7) is 5.17. The molecular weight excluding hydrogens is 284 g/mol. The van der Waals surface area contributed by atoms with Gasteiger partial charge in [-0.05, 0) is 5.56 Å². The first kappa shape index (κ1) is 17.7. The molecule has 0 saturated heterocycles. The largest absolute Gasteiger partial charge is 0.465 e. The van der Waals surface area contributed by atoms with Crippen molar-refractivity contribution < 1.29 is 19.5 Å². The van der Waals surface area contributed by atoms with Gasteiger partial charge in [0.15, 0.2) is 5.78 Å². The Kier molecular flexibility index (Phi) is 6.10. The van der Waals surface area contributed by atoms with E-state index >= 15 is 0 Å². The summed E-state index contributed by atoms with van der Waals surface area (Å²) in [5, 5.41) is 13.5. The first-order valence-electron chi connectivity index (χ1n) is 7.04. The van der Waals surface area contributed by atoms with E-state index in [0.717, 1.165) is 5.56 Å². The van der Waals surface area contributed by atoms with Gasteiger partial charge in [-0.1, -0.05) is 51.1 Å². The summed E-state index contributed by atoms with van der Waals surface area (Å²) in [7, 11) is 0. The molecule has 0 aromatic heterocycles. The Morgan fingerprint density at radius 2 is 1.73 bits per heavy atom. The number of hydrogen-bond donors (Lipinski definition) is 3. The molecular formula is C16H22N2O4. The Hall–Kier alpha value is -2.37. The Bertz CT molecular complexity index is 535. The van der Waals surface area contributed by atoms with Crippen LogP contribution in [0.2, 0.25) is 0 Å². The lowest BCUT2D eigenvalue weighted by Crippen LogP contribution is -2.49. The van der Waals surface area contributed by atoms with Gasteiger partial charge >= 0.3 is 6.09 Å². The van der Waals surface area contributed by atoms with Crippen molar-refractivity contribution in [3.63, 3.8) is 0 Å². The zero-order valence-corrected chi connectivity index (χ0v) is 13.1. The van der Waals surface area contributed by atoms with Gasteiger partial charge in [0.05, 0.1) is 6.54 Å². The molecule has 0 saturated carbocycles. The highest BCUT2D eigenvalue weighted by Crippen LogP contribution is 2.13. The van der Waals surface area contributed by atoms with Crippen molar-refractivity contribution in [1.29, 1.82) is 0 Å². The molecule has 6 nitrogen and oxygen atoms in total. The van der Waals surface area contributed by atoms with Crippen LogP contribution in [-0.4, -0.2) is 35.5 Å². The van der Waals surface area contributed by atoms with E-state index in [-0.39, 0.29) is 18.7 Å². The first-order chi connectivity index (χ1) is 10.2. The highest BCUT2D eigenvalue weighted by Gasteiger charge is 2.25. The topological polar surface area (TPSA) is 95.5 Å². The monoisotopic (exact) mass is 306 g/mol. The van der Waals surface area contributed by atoms with Gasteiger partial charge in [0.2, 0.25) is 5.91 Å². The lowest BCUT2D eigenvalue weighted by Gasteiger charge is -2.20. The molecule has 0 spiro atoms. The lowest BCUT2D eigenvalue weighted by atomic mass is 9.91. The lowest BCUT2D eigenvalue weighted by molar-refractivity contribution is -0.129. The van der Waals surface area contributed by atoms with Gasteiger partial charge in [-0.2, -0.15) is 0 Å². The number of hydrogen-bond acceptors (Lipinski definition) is 3. The van der Waals surface area contributed by atoms with Crippen LogP contribution in [0.25, 0.3) is 0 Å². The minimum absolute atomic E-state index is 0.116. The van der Waals surface area contributed by atoms with Gasteiger partial charge in [-0.3, -0.25) is 9.59 Å². The SMILES string of the molecule is CC(C)(C)C(=O)CNC(=O)[C@H](Cc1ccccc1)NC(=O)O. The van der Waals surface area contributed by atoms with E-state index in [4.69, 9.17) is 5.11 Å². The summed E-state index contributed by atoms with van der Waals surface area (Å²) in [5.74, 6) is -0.626. The van der Waals surface area contributed by atoms with Crippen molar-refractivity contribution in [2.24, 2.45) is 5.41 Å². The molecule has 0 aliphatic heterocycles. The molecule has 0 unspecified atom stereocenters. The molecule has 2 amide bonds. The maximum atomic E-state index is 12.1. The van der Waals surface area contributed by atoms with E-state index < -0.39 is 23.5 Å². The minimum Gasteiger partial charge on any atom is -0.465 e. The molecule has 3 N–H and O–H groups in total. The number of carbonyl (C=O) groups excluding carboxylic acids is 2. The van der Waals surface area contributed by atoms with E-state index in [2.05, 4.69) is 10.6 Å². The molecule has 1 aromatic carbocycles. The number of ketones is 1. The molecule has 6 heteroatoms. The standard InChI is InChI=1S/C16H22N2O4/c1-16(2,3)13(19)10-17-14(20)12(18-15(21)22)9-11-7-5-4-6-8-11/h4-8,12,18H,9-10H2,1-3H3,(H,17,20)(H,21,22)/t12-/m0/s1. The minimum atomic E-state index is -1.28. The molecule has 0 fully saturated rings. The van der Waals surface area contributed by atoms with Crippen LogP contribution in [-0.2, 0) is 16.0 Å². The molecule has 0 heterocycles. The quantitative estimate of drug-likeness (QED) is 0.744. The fourth-order valence-corrected chi connectivity index (χ4v) is 1.76. The predicted octanol–water partition coefficient (Wildman–Crippen LogP) is 1.60. The number of Topliss-reactive ketones (excluding diaryl/α,β-unsaturated/α-hetero) is 1. The number of benzene rings is 1. The Morgan fingerprint density at radius 3 is 2.23 bits per heavy atom. The zero-order valence-electron chi connectivity index (χ0n) is 13.1.